The van der Waals surface area contributed by atoms with Gasteiger partial charge >= 0.3 is 5.97 Å². The summed E-state index contributed by atoms with van der Waals surface area (Å²) >= 11 is 6.00. The number of amides is 2. The Kier molecular flexibility index (Phi) is 6.07. The van der Waals surface area contributed by atoms with E-state index in [4.69, 9.17) is 17.3 Å². The summed E-state index contributed by atoms with van der Waals surface area (Å²) in [6, 6.07) is 13.1. The topological polar surface area (TPSA) is 114 Å². The van der Waals surface area contributed by atoms with Crippen molar-refractivity contribution in [1.82, 2.24) is 10.2 Å². The molecule has 0 aliphatic carbocycles. The molecular formula is C21H21ClN4O4. The van der Waals surface area contributed by atoms with E-state index >= 15 is 0 Å². The van der Waals surface area contributed by atoms with E-state index in [1.807, 2.05) is 6.07 Å². The first kappa shape index (κ1) is 21.3. The summed E-state index contributed by atoms with van der Waals surface area (Å²) in [5, 5.41) is 3.26. The van der Waals surface area contributed by atoms with Crippen LogP contribution in [0.4, 0.5) is 0 Å². The Morgan fingerprint density at radius 2 is 1.87 bits per heavy atom. The predicted molar refractivity (Wildman–Crippen MR) is 112 cm³/mol. The average molecular weight is 429 g/mol. The van der Waals surface area contributed by atoms with Gasteiger partial charge in [-0.1, -0.05) is 23.7 Å². The standard InChI is InChI=1S/C21H21ClN4O4/c1-21(12-24-17(27)14-6-8-15(9-7-14)18(28)30-2)19(29)26(20(23)25-21)11-13-4-3-5-16(22)10-13/h3-10H,11-12H2,1-2H3,(H2,23,25)(H,24,27). The molecule has 0 fully saturated rings. The molecule has 3 rings (SSSR count). The Balaban J connectivity index is 1.65. The van der Waals surface area contributed by atoms with Gasteiger partial charge in [-0.3, -0.25) is 14.5 Å². The number of methoxy groups -OCH3 is 1. The lowest BCUT2D eigenvalue weighted by Gasteiger charge is -2.22. The van der Waals surface area contributed by atoms with Gasteiger partial charge in [0.1, 0.15) is 0 Å². The number of nitrogens with two attached hydrogens (primary N) is 1. The maximum Gasteiger partial charge on any atom is 0.337 e. The van der Waals surface area contributed by atoms with E-state index in [9.17, 15) is 14.4 Å². The molecule has 0 saturated carbocycles. The van der Waals surface area contributed by atoms with Crippen molar-refractivity contribution in [1.29, 1.82) is 0 Å². The van der Waals surface area contributed by atoms with Crippen molar-refractivity contribution < 1.29 is 19.1 Å². The van der Waals surface area contributed by atoms with Gasteiger partial charge < -0.3 is 15.8 Å². The van der Waals surface area contributed by atoms with Crippen LogP contribution in [-0.2, 0) is 16.1 Å². The minimum atomic E-state index is -1.22. The van der Waals surface area contributed by atoms with Crippen LogP contribution >= 0.6 is 11.6 Å². The van der Waals surface area contributed by atoms with Crippen molar-refractivity contribution in [2.45, 2.75) is 19.0 Å². The Morgan fingerprint density at radius 3 is 2.50 bits per heavy atom. The van der Waals surface area contributed by atoms with Gasteiger partial charge in [-0.25, -0.2) is 9.79 Å². The fourth-order valence-electron chi connectivity index (χ4n) is 3.07. The number of hydrogen-bond acceptors (Lipinski definition) is 6. The van der Waals surface area contributed by atoms with E-state index in [1.54, 1.807) is 25.1 Å². The lowest BCUT2D eigenvalue weighted by Crippen LogP contribution is -2.48. The van der Waals surface area contributed by atoms with Gasteiger partial charge in [0.25, 0.3) is 11.8 Å². The SMILES string of the molecule is COC(=O)c1ccc(C(=O)NCC2(C)N=C(N)N(Cc3cccc(Cl)c3)C2=O)cc1. The number of halogens is 1. The molecule has 1 aliphatic heterocycles. The monoisotopic (exact) mass is 428 g/mol. The summed E-state index contributed by atoms with van der Waals surface area (Å²) in [7, 11) is 1.28. The molecule has 2 aromatic rings. The van der Waals surface area contributed by atoms with E-state index in [-0.39, 0.29) is 25.0 Å². The van der Waals surface area contributed by atoms with Crippen LogP contribution < -0.4 is 11.1 Å². The molecule has 1 aliphatic rings. The first-order valence-corrected chi connectivity index (χ1v) is 9.49. The van der Waals surface area contributed by atoms with Crippen LogP contribution in [0.1, 0.15) is 33.2 Å². The number of carbonyl (C=O) groups excluding carboxylic acids is 3. The largest absolute Gasteiger partial charge is 0.465 e. The number of rotatable bonds is 6. The van der Waals surface area contributed by atoms with Crippen molar-refractivity contribution in [2.75, 3.05) is 13.7 Å². The molecule has 1 atom stereocenters. The number of nitrogens with zero attached hydrogens (tertiary/aromatic N) is 2. The maximum absolute atomic E-state index is 12.9. The molecular weight excluding hydrogens is 408 g/mol. The van der Waals surface area contributed by atoms with Crippen LogP contribution in [0.2, 0.25) is 5.02 Å². The zero-order valence-electron chi connectivity index (χ0n) is 16.5. The predicted octanol–water partition coefficient (Wildman–Crippen LogP) is 1.97. The summed E-state index contributed by atoms with van der Waals surface area (Å²) < 4.78 is 4.63. The lowest BCUT2D eigenvalue weighted by atomic mass is 10.0. The Bertz CT molecular complexity index is 1020. The van der Waals surface area contributed by atoms with Crippen LogP contribution in [0.15, 0.2) is 53.5 Å². The molecule has 0 bridgehead atoms. The third kappa shape index (κ3) is 4.44. The van der Waals surface area contributed by atoms with Crippen LogP contribution in [0.3, 0.4) is 0 Å². The lowest BCUT2D eigenvalue weighted by molar-refractivity contribution is -0.130. The van der Waals surface area contributed by atoms with Gasteiger partial charge in [0.05, 0.1) is 25.8 Å². The first-order valence-electron chi connectivity index (χ1n) is 9.12. The van der Waals surface area contributed by atoms with Crippen LogP contribution in [0.25, 0.3) is 0 Å². The highest BCUT2D eigenvalue weighted by Crippen LogP contribution is 2.23. The third-order valence-electron chi connectivity index (χ3n) is 4.73. The summed E-state index contributed by atoms with van der Waals surface area (Å²) in [6.45, 7) is 1.81. The molecule has 0 saturated heterocycles. The highest BCUT2D eigenvalue weighted by molar-refractivity contribution is 6.30. The van der Waals surface area contributed by atoms with Crippen molar-refractivity contribution >= 4 is 35.3 Å². The highest BCUT2D eigenvalue weighted by atomic mass is 35.5. The molecule has 1 heterocycles. The Labute approximate surface area is 178 Å². The van der Waals surface area contributed by atoms with E-state index in [2.05, 4.69) is 15.0 Å². The number of ether oxygens (including phenoxy) is 1. The number of guanidine groups is 1. The molecule has 0 spiro atoms. The van der Waals surface area contributed by atoms with E-state index in [0.29, 0.717) is 16.1 Å². The summed E-state index contributed by atoms with van der Waals surface area (Å²) in [5.41, 5.74) is 6.24. The molecule has 2 amide bonds. The molecule has 0 radical (unpaired) electrons. The number of aliphatic imine (C=N–C) groups is 1. The molecule has 8 nitrogen and oxygen atoms in total. The van der Waals surface area contributed by atoms with Gasteiger partial charge in [-0.05, 0) is 48.9 Å². The average Bonchev–Trinajstić information content (AvgIpc) is 2.95. The first-order chi connectivity index (χ1) is 14.2. The molecule has 30 heavy (non-hydrogen) atoms. The van der Waals surface area contributed by atoms with Crippen LogP contribution in [0, 0.1) is 0 Å². The number of esters is 1. The fourth-order valence-corrected chi connectivity index (χ4v) is 3.28. The minimum absolute atomic E-state index is 0.0316. The molecule has 1 unspecified atom stereocenters. The molecule has 3 N–H and O–H groups in total. The second-order valence-corrected chi connectivity index (χ2v) is 7.45. The number of benzene rings is 2. The van der Waals surface area contributed by atoms with E-state index in [0.717, 1.165) is 5.56 Å². The number of carbonyl (C=O) groups is 3. The van der Waals surface area contributed by atoms with Gasteiger partial charge in [0.2, 0.25) is 0 Å². The number of nitrogens with one attached hydrogen (secondary N) is 1. The van der Waals surface area contributed by atoms with Crippen LogP contribution in [-0.4, -0.2) is 47.8 Å². The van der Waals surface area contributed by atoms with E-state index < -0.39 is 17.4 Å². The second-order valence-electron chi connectivity index (χ2n) is 7.02. The third-order valence-corrected chi connectivity index (χ3v) is 4.97. The maximum atomic E-state index is 12.9. The number of hydrogen-bond donors (Lipinski definition) is 2. The van der Waals surface area contributed by atoms with Gasteiger partial charge in [0, 0.05) is 10.6 Å². The molecule has 0 aromatic heterocycles. The smallest absolute Gasteiger partial charge is 0.337 e. The van der Waals surface area contributed by atoms with Gasteiger partial charge in [-0.15, -0.1) is 0 Å². The Morgan fingerprint density at radius 1 is 1.20 bits per heavy atom. The van der Waals surface area contributed by atoms with E-state index in [1.165, 1.54) is 36.3 Å². The van der Waals surface area contributed by atoms with Crippen molar-refractivity contribution in [3.8, 4) is 0 Å². The van der Waals surface area contributed by atoms with Gasteiger partial charge in [0.15, 0.2) is 11.5 Å². The zero-order chi connectivity index (χ0) is 21.9. The van der Waals surface area contributed by atoms with Gasteiger partial charge in [-0.2, -0.15) is 0 Å². The second kappa shape index (κ2) is 8.54. The normalized spacial score (nSPS) is 18.2. The zero-order valence-corrected chi connectivity index (χ0v) is 17.3. The quantitative estimate of drug-likeness (QED) is 0.683. The molecule has 9 heteroatoms. The minimum Gasteiger partial charge on any atom is -0.465 e. The Hall–Kier alpha value is -3.39. The fraction of sp³-hybridized carbons (Fsp3) is 0.238. The summed E-state index contributed by atoms with van der Waals surface area (Å²) in [5.74, 6) is -1.13. The molecule has 156 valence electrons. The van der Waals surface area contributed by atoms with Crippen molar-refractivity contribution in [3.05, 3.63) is 70.2 Å². The van der Waals surface area contributed by atoms with Crippen molar-refractivity contribution in [2.24, 2.45) is 10.7 Å². The molecule has 2 aromatic carbocycles. The summed E-state index contributed by atoms with van der Waals surface area (Å²) in [6.07, 6.45) is 0. The highest BCUT2D eigenvalue weighted by Gasteiger charge is 2.44. The summed E-state index contributed by atoms with van der Waals surface area (Å²) in [4.78, 5) is 42.5. The van der Waals surface area contributed by atoms with Crippen LogP contribution in [0.5, 0.6) is 0 Å². The van der Waals surface area contributed by atoms with Crippen molar-refractivity contribution in [3.63, 3.8) is 0 Å².